The molecule has 0 bridgehead atoms. The molecule has 2 aromatic heterocycles. The van der Waals surface area contributed by atoms with Gasteiger partial charge in [-0.2, -0.15) is 0 Å². The summed E-state index contributed by atoms with van der Waals surface area (Å²) in [5.41, 5.74) is 3.34. The minimum Gasteiger partial charge on any atom is -0.337 e. The monoisotopic (exact) mass is 233 g/mol. The molecule has 0 amide bonds. The molecular formula is C12H15N3S. The van der Waals surface area contributed by atoms with Crippen molar-refractivity contribution in [1.29, 1.82) is 0 Å². The maximum Gasteiger partial charge on any atom is 0.182 e. The lowest BCUT2D eigenvalue weighted by Gasteiger charge is -2.10. The number of rotatable bonds is 2. The topological polar surface area (TPSA) is 33.6 Å². The summed E-state index contributed by atoms with van der Waals surface area (Å²) in [6, 6.07) is 2.09. The van der Waals surface area contributed by atoms with Gasteiger partial charge in [-0.3, -0.25) is 9.55 Å². The van der Waals surface area contributed by atoms with Gasteiger partial charge in [0.2, 0.25) is 0 Å². The third kappa shape index (κ3) is 1.93. The molecule has 4 heteroatoms. The predicted octanol–water partition coefficient (Wildman–Crippen LogP) is 3.36. The van der Waals surface area contributed by atoms with E-state index in [4.69, 9.17) is 12.2 Å². The third-order valence-corrected chi connectivity index (χ3v) is 2.82. The van der Waals surface area contributed by atoms with E-state index in [2.05, 4.69) is 29.9 Å². The van der Waals surface area contributed by atoms with E-state index in [1.807, 2.05) is 30.1 Å². The van der Waals surface area contributed by atoms with Crippen LogP contribution in [0.2, 0.25) is 0 Å². The van der Waals surface area contributed by atoms with Gasteiger partial charge >= 0.3 is 0 Å². The highest BCUT2D eigenvalue weighted by molar-refractivity contribution is 7.71. The third-order valence-electron chi connectivity index (χ3n) is 2.52. The Morgan fingerprint density at radius 2 is 2.12 bits per heavy atom. The highest BCUT2D eigenvalue weighted by Gasteiger charge is 2.09. The molecule has 3 nitrogen and oxygen atoms in total. The lowest BCUT2D eigenvalue weighted by molar-refractivity contribution is 0.781. The molecule has 0 aliphatic heterocycles. The van der Waals surface area contributed by atoms with E-state index in [0.717, 1.165) is 16.0 Å². The van der Waals surface area contributed by atoms with E-state index < -0.39 is 0 Å². The van der Waals surface area contributed by atoms with E-state index in [9.17, 15) is 0 Å². The van der Waals surface area contributed by atoms with Crippen LogP contribution in [0.5, 0.6) is 0 Å². The Morgan fingerprint density at radius 3 is 2.75 bits per heavy atom. The second-order valence-electron chi connectivity index (χ2n) is 4.23. The molecule has 0 aliphatic carbocycles. The highest BCUT2D eigenvalue weighted by atomic mass is 32.1. The zero-order chi connectivity index (χ0) is 11.7. The first kappa shape index (κ1) is 11.1. The predicted molar refractivity (Wildman–Crippen MR) is 67.6 cm³/mol. The van der Waals surface area contributed by atoms with Crippen LogP contribution >= 0.6 is 12.2 Å². The number of nitrogens with one attached hydrogen (secondary N) is 1. The number of hydrogen-bond acceptors (Lipinski definition) is 2. The first-order chi connectivity index (χ1) is 7.59. The Morgan fingerprint density at radius 1 is 1.38 bits per heavy atom. The summed E-state index contributed by atoms with van der Waals surface area (Å²) in [6.45, 7) is 6.33. The fraction of sp³-hybridized carbons (Fsp3) is 0.333. The Balaban J connectivity index is 2.63. The van der Waals surface area contributed by atoms with E-state index in [1.165, 1.54) is 5.69 Å². The highest BCUT2D eigenvalue weighted by Crippen LogP contribution is 2.19. The van der Waals surface area contributed by atoms with Crippen molar-refractivity contribution in [3.63, 3.8) is 0 Å². The lowest BCUT2D eigenvalue weighted by atomic mass is 10.1. The summed E-state index contributed by atoms with van der Waals surface area (Å²) in [5, 5.41) is 0. The van der Waals surface area contributed by atoms with Crippen molar-refractivity contribution in [2.75, 3.05) is 0 Å². The minimum absolute atomic E-state index is 0.425. The van der Waals surface area contributed by atoms with Gasteiger partial charge in [0.05, 0.1) is 11.9 Å². The van der Waals surface area contributed by atoms with Crippen LogP contribution < -0.4 is 0 Å². The number of aromatic amines is 1. The second kappa shape index (κ2) is 4.22. The Kier molecular flexibility index (Phi) is 2.92. The van der Waals surface area contributed by atoms with E-state index in [0.29, 0.717) is 5.92 Å². The smallest absolute Gasteiger partial charge is 0.182 e. The summed E-state index contributed by atoms with van der Waals surface area (Å²) in [7, 11) is 0. The normalized spacial score (nSPS) is 11.0. The summed E-state index contributed by atoms with van der Waals surface area (Å²) in [6.07, 6.45) is 5.65. The number of imidazole rings is 1. The number of aryl methyl sites for hydroxylation is 1. The average Bonchev–Trinajstić information content (AvgIpc) is 2.60. The molecule has 0 unspecified atom stereocenters. The quantitative estimate of drug-likeness (QED) is 0.807. The van der Waals surface area contributed by atoms with Gasteiger partial charge < -0.3 is 4.98 Å². The molecule has 0 radical (unpaired) electrons. The van der Waals surface area contributed by atoms with Crippen LogP contribution in [0.1, 0.15) is 31.0 Å². The molecule has 0 saturated heterocycles. The number of pyridine rings is 1. The molecule has 0 spiro atoms. The zero-order valence-corrected chi connectivity index (χ0v) is 10.5. The summed E-state index contributed by atoms with van der Waals surface area (Å²) >= 11 is 5.30. The van der Waals surface area contributed by atoms with E-state index >= 15 is 0 Å². The molecule has 1 N–H and O–H groups in total. The standard InChI is InChI=1S/C12H15N3S/c1-8(2)11-7-14-12(16)15(11)10-4-9(3)5-13-6-10/h4-8H,1-3H3,(H,14,16). The average molecular weight is 233 g/mol. The van der Waals surface area contributed by atoms with Crippen LogP contribution in [0.25, 0.3) is 5.69 Å². The van der Waals surface area contributed by atoms with Crippen LogP contribution in [0.4, 0.5) is 0 Å². The number of nitrogens with zero attached hydrogens (tertiary/aromatic N) is 2. The van der Waals surface area contributed by atoms with Crippen molar-refractivity contribution >= 4 is 12.2 Å². The first-order valence-corrected chi connectivity index (χ1v) is 5.73. The molecule has 0 aliphatic rings. The van der Waals surface area contributed by atoms with Crippen molar-refractivity contribution in [2.24, 2.45) is 0 Å². The van der Waals surface area contributed by atoms with Crippen molar-refractivity contribution in [1.82, 2.24) is 14.5 Å². The molecule has 0 atom stereocenters. The Hall–Kier alpha value is -1.42. The molecule has 2 rings (SSSR count). The van der Waals surface area contributed by atoms with E-state index in [1.54, 1.807) is 0 Å². The summed E-state index contributed by atoms with van der Waals surface area (Å²) in [4.78, 5) is 7.29. The Bertz CT molecular complexity index is 551. The maximum absolute atomic E-state index is 5.30. The van der Waals surface area contributed by atoms with Gasteiger partial charge in [0, 0.05) is 18.1 Å². The lowest BCUT2D eigenvalue weighted by Crippen LogP contribution is -2.02. The van der Waals surface area contributed by atoms with Gasteiger partial charge in [0.25, 0.3) is 0 Å². The van der Waals surface area contributed by atoms with Crippen molar-refractivity contribution in [3.05, 3.63) is 40.7 Å². The number of H-pyrrole nitrogens is 1. The van der Waals surface area contributed by atoms with Crippen molar-refractivity contribution in [2.45, 2.75) is 26.7 Å². The SMILES string of the molecule is Cc1cncc(-n2c(C(C)C)c[nH]c2=S)c1. The molecule has 0 aromatic carbocycles. The van der Waals surface area contributed by atoms with Gasteiger partial charge in [-0.25, -0.2) is 0 Å². The van der Waals surface area contributed by atoms with Gasteiger partial charge in [-0.1, -0.05) is 13.8 Å². The van der Waals surface area contributed by atoms with Crippen LogP contribution in [0.15, 0.2) is 24.7 Å². The maximum atomic E-state index is 5.30. The molecule has 0 fully saturated rings. The van der Waals surface area contributed by atoms with Crippen molar-refractivity contribution < 1.29 is 0 Å². The fourth-order valence-corrected chi connectivity index (χ4v) is 2.00. The fourth-order valence-electron chi connectivity index (χ4n) is 1.73. The minimum atomic E-state index is 0.425. The zero-order valence-electron chi connectivity index (χ0n) is 9.69. The van der Waals surface area contributed by atoms with Crippen LogP contribution in [0.3, 0.4) is 0 Å². The van der Waals surface area contributed by atoms with Crippen LogP contribution in [-0.4, -0.2) is 14.5 Å². The van der Waals surface area contributed by atoms with Crippen LogP contribution in [0, 0.1) is 11.7 Å². The molecule has 2 heterocycles. The number of aromatic nitrogens is 3. The molecule has 2 aromatic rings. The molecular weight excluding hydrogens is 218 g/mol. The summed E-state index contributed by atoms with van der Waals surface area (Å²) < 4.78 is 2.76. The van der Waals surface area contributed by atoms with Gasteiger partial charge in [0.15, 0.2) is 4.77 Å². The molecule has 0 saturated carbocycles. The molecule has 16 heavy (non-hydrogen) atoms. The van der Waals surface area contributed by atoms with Crippen molar-refractivity contribution in [3.8, 4) is 5.69 Å². The largest absolute Gasteiger partial charge is 0.337 e. The van der Waals surface area contributed by atoms with E-state index in [-0.39, 0.29) is 0 Å². The summed E-state index contributed by atoms with van der Waals surface area (Å²) in [5.74, 6) is 0.425. The van der Waals surface area contributed by atoms with Gasteiger partial charge in [0.1, 0.15) is 0 Å². The first-order valence-electron chi connectivity index (χ1n) is 5.32. The van der Waals surface area contributed by atoms with Gasteiger partial charge in [-0.15, -0.1) is 0 Å². The number of hydrogen-bond donors (Lipinski definition) is 1. The van der Waals surface area contributed by atoms with Crippen LogP contribution in [-0.2, 0) is 0 Å². The molecule has 84 valence electrons. The second-order valence-corrected chi connectivity index (χ2v) is 4.62. The Labute approximate surface area is 100 Å². The van der Waals surface area contributed by atoms with Gasteiger partial charge in [-0.05, 0) is 36.7 Å².